The Bertz CT molecular complexity index is 468. The Morgan fingerprint density at radius 3 is 2.76 bits per heavy atom. The Morgan fingerprint density at radius 2 is 2.05 bits per heavy atom. The molecule has 0 unspecified atom stereocenters. The van der Waals surface area contributed by atoms with Gasteiger partial charge in [-0.05, 0) is 37.5 Å². The summed E-state index contributed by atoms with van der Waals surface area (Å²) in [6.45, 7) is 2.74. The summed E-state index contributed by atoms with van der Waals surface area (Å²) in [7, 11) is 1.62. The van der Waals surface area contributed by atoms with E-state index < -0.39 is 0 Å². The number of ether oxygens (including phenoxy) is 1. The van der Waals surface area contributed by atoms with Crippen molar-refractivity contribution >= 4 is 11.6 Å². The van der Waals surface area contributed by atoms with Crippen LogP contribution in [0.5, 0.6) is 5.75 Å². The van der Waals surface area contributed by atoms with Gasteiger partial charge >= 0.3 is 0 Å². The van der Waals surface area contributed by atoms with Gasteiger partial charge in [-0.1, -0.05) is 25.3 Å². The fraction of sp³-hybridized carbons (Fsp3) is 0.588. The minimum atomic E-state index is 0.0298. The van der Waals surface area contributed by atoms with Crippen molar-refractivity contribution in [3.8, 4) is 5.75 Å². The third kappa shape index (κ3) is 5.05. The van der Waals surface area contributed by atoms with Crippen LogP contribution in [0, 0.1) is 6.92 Å². The van der Waals surface area contributed by atoms with Crippen molar-refractivity contribution in [3.05, 3.63) is 23.8 Å². The average Bonchev–Trinajstić information content (AvgIpc) is 2.48. The van der Waals surface area contributed by atoms with Crippen LogP contribution in [0.25, 0.3) is 0 Å². The average molecular weight is 290 g/mol. The zero-order valence-corrected chi connectivity index (χ0v) is 13.1. The summed E-state index contributed by atoms with van der Waals surface area (Å²) in [5, 5.41) is 6.42. The SMILES string of the molecule is COc1ccc(C)cc1NC(=O)CCNC1CCCCC1. The summed E-state index contributed by atoms with van der Waals surface area (Å²) in [6, 6.07) is 6.38. The number of anilines is 1. The molecule has 1 aromatic rings. The Morgan fingerprint density at radius 1 is 1.29 bits per heavy atom. The third-order valence-electron chi connectivity index (χ3n) is 4.02. The van der Waals surface area contributed by atoms with Gasteiger partial charge < -0.3 is 15.4 Å². The second-order valence-electron chi connectivity index (χ2n) is 5.79. The molecule has 2 rings (SSSR count). The molecule has 2 N–H and O–H groups in total. The zero-order valence-electron chi connectivity index (χ0n) is 13.1. The van der Waals surface area contributed by atoms with Crippen LogP contribution in [0.15, 0.2) is 18.2 Å². The number of nitrogens with one attached hydrogen (secondary N) is 2. The Balaban J connectivity index is 1.77. The second kappa shape index (κ2) is 8.03. The van der Waals surface area contributed by atoms with Gasteiger partial charge in [-0.2, -0.15) is 0 Å². The minimum Gasteiger partial charge on any atom is -0.495 e. The Hall–Kier alpha value is -1.55. The van der Waals surface area contributed by atoms with Gasteiger partial charge in [0.05, 0.1) is 12.8 Å². The zero-order chi connectivity index (χ0) is 15.1. The lowest BCUT2D eigenvalue weighted by Crippen LogP contribution is -2.33. The highest BCUT2D eigenvalue weighted by Gasteiger charge is 2.13. The number of hydrogen-bond acceptors (Lipinski definition) is 3. The van der Waals surface area contributed by atoms with Crippen molar-refractivity contribution < 1.29 is 9.53 Å². The highest BCUT2D eigenvalue weighted by Crippen LogP contribution is 2.25. The fourth-order valence-corrected chi connectivity index (χ4v) is 2.83. The van der Waals surface area contributed by atoms with Gasteiger partial charge in [-0.25, -0.2) is 0 Å². The number of carbonyl (C=O) groups excluding carboxylic acids is 1. The van der Waals surface area contributed by atoms with E-state index in [0.717, 1.165) is 17.8 Å². The lowest BCUT2D eigenvalue weighted by molar-refractivity contribution is -0.116. The van der Waals surface area contributed by atoms with E-state index in [2.05, 4.69) is 10.6 Å². The van der Waals surface area contributed by atoms with Crippen molar-refractivity contribution in [1.29, 1.82) is 0 Å². The number of carbonyl (C=O) groups is 1. The lowest BCUT2D eigenvalue weighted by atomic mass is 9.95. The highest BCUT2D eigenvalue weighted by molar-refractivity contribution is 5.92. The molecule has 1 aliphatic carbocycles. The first-order valence-corrected chi connectivity index (χ1v) is 7.87. The van der Waals surface area contributed by atoms with Gasteiger partial charge in [-0.3, -0.25) is 4.79 Å². The van der Waals surface area contributed by atoms with Crippen LogP contribution in [-0.4, -0.2) is 25.6 Å². The minimum absolute atomic E-state index is 0.0298. The van der Waals surface area contributed by atoms with E-state index in [4.69, 9.17) is 4.74 Å². The quantitative estimate of drug-likeness (QED) is 0.845. The van der Waals surface area contributed by atoms with Gasteiger partial charge in [0.15, 0.2) is 0 Å². The lowest BCUT2D eigenvalue weighted by Gasteiger charge is -2.22. The molecule has 116 valence electrons. The van der Waals surface area contributed by atoms with Crippen molar-refractivity contribution in [1.82, 2.24) is 5.32 Å². The molecule has 0 heterocycles. The molecule has 0 aliphatic heterocycles. The standard InChI is InChI=1S/C17H26N2O2/c1-13-8-9-16(21-2)15(12-13)19-17(20)10-11-18-14-6-4-3-5-7-14/h8-9,12,14,18H,3-7,10-11H2,1-2H3,(H,19,20). The van der Waals surface area contributed by atoms with Crippen molar-refractivity contribution in [3.63, 3.8) is 0 Å². The maximum atomic E-state index is 12.0. The van der Waals surface area contributed by atoms with Crippen LogP contribution < -0.4 is 15.4 Å². The smallest absolute Gasteiger partial charge is 0.225 e. The van der Waals surface area contributed by atoms with Crippen LogP contribution >= 0.6 is 0 Å². The molecule has 1 aliphatic rings. The molecule has 1 fully saturated rings. The Kier molecular flexibility index (Phi) is 6.05. The number of hydrogen-bond donors (Lipinski definition) is 2. The number of amides is 1. The number of rotatable bonds is 6. The van der Waals surface area contributed by atoms with E-state index in [0.29, 0.717) is 18.2 Å². The summed E-state index contributed by atoms with van der Waals surface area (Å²) in [4.78, 5) is 12.0. The molecule has 0 bridgehead atoms. The second-order valence-corrected chi connectivity index (χ2v) is 5.79. The topological polar surface area (TPSA) is 50.4 Å². The molecule has 0 aromatic heterocycles. The summed E-state index contributed by atoms with van der Waals surface area (Å²) >= 11 is 0. The number of methoxy groups -OCH3 is 1. The molecule has 0 saturated heterocycles. The van der Waals surface area contributed by atoms with E-state index in [1.807, 2.05) is 25.1 Å². The summed E-state index contributed by atoms with van der Waals surface area (Å²) in [5.41, 5.74) is 1.85. The summed E-state index contributed by atoms with van der Waals surface area (Å²) < 4.78 is 5.27. The van der Waals surface area contributed by atoms with Gasteiger partial charge in [0.1, 0.15) is 5.75 Å². The van der Waals surface area contributed by atoms with Crippen molar-refractivity contribution in [2.24, 2.45) is 0 Å². The molecule has 0 spiro atoms. The maximum Gasteiger partial charge on any atom is 0.225 e. The van der Waals surface area contributed by atoms with E-state index >= 15 is 0 Å². The van der Waals surface area contributed by atoms with Gasteiger partial charge in [-0.15, -0.1) is 0 Å². The van der Waals surface area contributed by atoms with E-state index in [1.54, 1.807) is 7.11 Å². The van der Waals surface area contributed by atoms with Crippen LogP contribution in [0.2, 0.25) is 0 Å². The van der Waals surface area contributed by atoms with Gasteiger partial charge in [0.25, 0.3) is 0 Å². The molecular formula is C17H26N2O2. The number of benzene rings is 1. The Labute approximate surface area is 127 Å². The molecular weight excluding hydrogens is 264 g/mol. The predicted octanol–water partition coefficient (Wildman–Crippen LogP) is 3.25. The first kappa shape index (κ1) is 15.8. The summed E-state index contributed by atoms with van der Waals surface area (Å²) in [5.74, 6) is 0.733. The van der Waals surface area contributed by atoms with Crippen LogP contribution in [0.1, 0.15) is 44.1 Å². The van der Waals surface area contributed by atoms with Crippen molar-refractivity contribution in [2.75, 3.05) is 19.0 Å². The molecule has 0 radical (unpaired) electrons. The third-order valence-corrected chi connectivity index (χ3v) is 4.02. The molecule has 4 nitrogen and oxygen atoms in total. The first-order chi connectivity index (χ1) is 10.2. The van der Waals surface area contributed by atoms with Crippen LogP contribution in [0.3, 0.4) is 0 Å². The molecule has 1 amide bonds. The number of aryl methyl sites for hydroxylation is 1. The molecule has 1 aromatic carbocycles. The van der Waals surface area contributed by atoms with Gasteiger partial charge in [0, 0.05) is 19.0 Å². The van der Waals surface area contributed by atoms with E-state index in [9.17, 15) is 4.79 Å². The largest absolute Gasteiger partial charge is 0.495 e. The van der Waals surface area contributed by atoms with Crippen molar-refractivity contribution in [2.45, 2.75) is 51.5 Å². The normalized spacial score (nSPS) is 15.7. The summed E-state index contributed by atoms with van der Waals surface area (Å²) in [6.07, 6.45) is 6.95. The van der Waals surface area contributed by atoms with E-state index in [1.165, 1.54) is 32.1 Å². The first-order valence-electron chi connectivity index (χ1n) is 7.87. The van der Waals surface area contributed by atoms with Gasteiger partial charge in [0.2, 0.25) is 5.91 Å². The molecule has 0 atom stereocenters. The highest BCUT2D eigenvalue weighted by atomic mass is 16.5. The fourth-order valence-electron chi connectivity index (χ4n) is 2.83. The van der Waals surface area contributed by atoms with Crippen LogP contribution in [0.4, 0.5) is 5.69 Å². The van der Waals surface area contributed by atoms with E-state index in [-0.39, 0.29) is 5.91 Å². The maximum absolute atomic E-state index is 12.0. The molecule has 4 heteroatoms. The molecule has 21 heavy (non-hydrogen) atoms. The monoisotopic (exact) mass is 290 g/mol. The van der Waals surface area contributed by atoms with Crippen LogP contribution in [-0.2, 0) is 4.79 Å². The molecule has 1 saturated carbocycles. The predicted molar refractivity (Wildman–Crippen MR) is 85.9 cm³/mol.